The zero-order chi connectivity index (χ0) is 25.7. The number of aryl methyl sites for hydroxylation is 2. The molecular weight excluding hydrogens is 488 g/mol. The van der Waals surface area contributed by atoms with Gasteiger partial charge >= 0.3 is 5.97 Å². The Balaban J connectivity index is 1.45. The van der Waals surface area contributed by atoms with Crippen molar-refractivity contribution in [3.8, 4) is 0 Å². The summed E-state index contributed by atoms with van der Waals surface area (Å²) in [6.07, 6.45) is 2.58. The monoisotopic (exact) mass is 516 g/mol. The van der Waals surface area contributed by atoms with Crippen molar-refractivity contribution < 1.29 is 24.0 Å². The number of imide groups is 1. The molecule has 2 fully saturated rings. The normalized spacial score (nSPS) is 22.8. The van der Waals surface area contributed by atoms with Gasteiger partial charge in [0.1, 0.15) is 10.9 Å². The highest BCUT2D eigenvalue weighted by atomic mass is 32.1. The number of hydrogen-bond donors (Lipinski definition) is 0. The maximum absolute atomic E-state index is 14.1. The molecule has 3 unspecified atom stereocenters. The molecule has 37 heavy (non-hydrogen) atoms. The molecule has 3 atom stereocenters. The fourth-order valence-electron chi connectivity index (χ4n) is 5.75. The van der Waals surface area contributed by atoms with Crippen LogP contribution in [0.1, 0.15) is 57.7 Å². The van der Waals surface area contributed by atoms with E-state index >= 15 is 0 Å². The Morgan fingerprint density at radius 2 is 1.76 bits per heavy atom. The van der Waals surface area contributed by atoms with Gasteiger partial charge in [0.05, 0.1) is 23.9 Å². The maximum atomic E-state index is 14.1. The first kappa shape index (κ1) is 23.9. The summed E-state index contributed by atoms with van der Waals surface area (Å²) in [4.78, 5) is 49.7. The smallest absolute Gasteiger partial charge is 0.341 e. The molecule has 0 spiro atoms. The van der Waals surface area contributed by atoms with Gasteiger partial charge in [0.2, 0.25) is 5.91 Å². The predicted octanol–water partition coefficient (Wildman–Crippen LogP) is 5.16. The number of hydrogen-bond acceptors (Lipinski definition) is 7. The molecule has 0 bridgehead atoms. The summed E-state index contributed by atoms with van der Waals surface area (Å²) in [5.74, 6) is -2.00. The highest BCUT2D eigenvalue weighted by molar-refractivity contribution is 7.17. The molecule has 2 aliphatic heterocycles. The van der Waals surface area contributed by atoms with E-state index in [1.807, 2.05) is 61.5 Å². The Bertz CT molecular complexity index is 1380. The number of carbonyl (C=O) groups excluding carboxylic acids is 3. The van der Waals surface area contributed by atoms with Crippen molar-refractivity contribution in [3.63, 3.8) is 0 Å². The van der Waals surface area contributed by atoms with E-state index in [1.54, 1.807) is 12.0 Å². The number of nitrogens with zero attached hydrogens (tertiary/aromatic N) is 2. The lowest BCUT2D eigenvalue weighted by molar-refractivity contribution is -0.126. The van der Waals surface area contributed by atoms with E-state index in [1.165, 1.54) is 16.2 Å². The van der Waals surface area contributed by atoms with Crippen LogP contribution in [0.3, 0.4) is 0 Å². The Labute approximate surface area is 219 Å². The molecule has 2 aromatic carbocycles. The van der Waals surface area contributed by atoms with E-state index in [9.17, 15) is 14.4 Å². The zero-order valence-corrected chi connectivity index (χ0v) is 21.6. The van der Waals surface area contributed by atoms with Gasteiger partial charge in [-0.3, -0.25) is 14.4 Å². The van der Waals surface area contributed by atoms with Crippen LogP contribution in [0.2, 0.25) is 0 Å². The predicted molar refractivity (Wildman–Crippen MR) is 141 cm³/mol. The van der Waals surface area contributed by atoms with Gasteiger partial charge < -0.3 is 4.74 Å². The third-order valence-corrected chi connectivity index (χ3v) is 8.72. The largest absolute Gasteiger partial charge is 0.462 e. The lowest BCUT2D eigenvalue weighted by Crippen LogP contribution is -2.38. The Hall–Kier alpha value is -3.49. The first-order chi connectivity index (χ1) is 18.0. The average molecular weight is 517 g/mol. The summed E-state index contributed by atoms with van der Waals surface area (Å²) in [7, 11) is 0. The second kappa shape index (κ2) is 9.43. The molecule has 0 saturated carbocycles. The van der Waals surface area contributed by atoms with Crippen LogP contribution < -0.4 is 9.96 Å². The summed E-state index contributed by atoms with van der Waals surface area (Å²) in [6, 6.07) is 17.0. The summed E-state index contributed by atoms with van der Waals surface area (Å²) in [5, 5.41) is 2.10. The van der Waals surface area contributed by atoms with Crippen molar-refractivity contribution in [2.24, 2.45) is 5.92 Å². The standard InChI is InChI=1S/C29H28N2O5S/c1-3-35-29(34)22-19-14-8-10-16-21(19)37-28(22)30-26(32)23-24(18-12-5-4-6-13-18)31(36-25(23)27(30)33)20-15-9-7-11-17(20)2/h4-7,9,11-13,15,23-25H,3,8,10,14,16H2,1-2H3. The number of thiophene rings is 1. The molecule has 2 saturated heterocycles. The van der Waals surface area contributed by atoms with Crippen LogP contribution >= 0.6 is 11.3 Å². The second-order valence-electron chi connectivity index (χ2n) is 9.64. The number of carbonyl (C=O) groups is 3. The second-order valence-corrected chi connectivity index (χ2v) is 10.7. The third-order valence-electron chi connectivity index (χ3n) is 7.44. The van der Waals surface area contributed by atoms with Crippen molar-refractivity contribution in [1.82, 2.24) is 0 Å². The quantitative estimate of drug-likeness (QED) is 0.344. The lowest BCUT2D eigenvalue weighted by atomic mass is 9.90. The minimum atomic E-state index is -0.980. The molecule has 3 aromatic rings. The van der Waals surface area contributed by atoms with Crippen LogP contribution in [0.15, 0.2) is 54.6 Å². The van der Waals surface area contributed by atoms with E-state index in [-0.39, 0.29) is 12.5 Å². The number of hydroxylamine groups is 1. The van der Waals surface area contributed by atoms with Crippen molar-refractivity contribution in [1.29, 1.82) is 0 Å². The van der Waals surface area contributed by atoms with Crippen LogP contribution in [-0.4, -0.2) is 30.5 Å². The first-order valence-electron chi connectivity index (χ1n) is 12.8. The Morgan fingerprint density at radius 1 is 1.03 bits per heavy atom. The zero-order valence-electron chi connectivity index (χ0n) is 20.8. The number of anilines is 2. The number of rotatable bonds is 5. The van der Waals surface area contributed by atoms with E-state index in [0.717, 1.165) is 52.9 Å². The van der Waals surface area contributed by atoms with E-state index < -0.39 is 29.9 Å². The molecule has 1 aromatic heterocycles. The summed E-state index contributed by atoms with van der Waals surface area (Å²) in [5.41, 5.74) is 3.98. The molecule has 3 aliphatic rings. The van der Waals surface area contributed by atoms with Gasteiger partial charge in [-0.25, -0.2) is 14.8 Å². The van der Waals surface area contributed by atoms with Crippen LogP contribution in [-0.2, 0) is 32.0 Å². The van der Waals surface area contributed by atoms with Gasteiger partial charge in [0.15, 0.2) is 6.10 Å². The average Bonchev–Trinajstić information content (AvgIpc) is 3.55. The van der Waals surface area contributed by atoms with Crippen molar-refractivity contribution in [2.45, 2.75) is 51.7 Å². The van der Waals surface area contributed by atoms with Gasteiger partial charge in [-0.05, 0) is 62.3 Å². The lowest BCUT2D eigenvalue weighted by Gasteiger charge is -2.29. The topological polar surface area (TPSA) is 76.2 Å². The number of esters is 1. The van der Waals surface area contributed by atoms with E-state index in [4.69, 9.17) is 9.57 Å². The number of ether oxygens (including phenoxy) is 1. The van der Waals surface area contributed by atoms with Gasteiger partial charge in [-0.1, -0.05) is 48.5 Å². The van der Waals surface area contributed by atoms with Gasteiger partial charge in [0.25, 0.3) is 5.91 Å². The van der Waals surface area contributed by atoms with E-state index in [0.29, 0.717) is 10.6 Å². The number of para-hydroxylation sites is 1. The molecular formula is C29H28N2O5S. The molecule has 0 radical (unpaired) electrons. The Morgan fingerprint density at radius 3 is 2.51 bits per heavy atom. The minimum absolute atomic E-state index is 0.223. The SMILES string of the molecule is CCOC(=O)c1c(N2C(=O)C3ON(c4ccccc4C)C(c4ccccc4)C3C2=O)sc2c1CCCC2. The van der Waals surface area contributed by atoms with Crippen LogP contribution in [0.25, 0.3) is 0 Å². The molecule has 3 heterocycles. The highest BCUT2D eigenvalue weighted by Gasteiger charge is 2.61. The van der Waals surface area contributed by atoms with Crippen molar-refractivity contribution >= 4 is 39.8 Å². The molecule has 190 valence electrons. The van der Waals surface area contributed by atoms with Crippen LogP contribution in [0, 0.1) is 12.8 Å². The molecule has 8 heteroatoms. The first-order valence-corrected chi connectivity index (χ1v) is 13.6. The molecule has 6 rings (SSSR count). The van der Waals surface area contributed by atoms with Gasteiger partial charge in [0, 0.05) is 4.88 Å². The summed E-state index contributed by atoms with van der Waals surface area (Å²) >= 11 is 1.37. The fourth-order valence-corrected chi connectivity index (χ4v) is 7.13. The number of fused-ring (bicyclic) bond motifs is 2. The third kappa shape index (κ3) is 3.78. The molecule has 0 N–H and O–H groups in total. The van der Waals surface area contributed by atoms with Gasteiger partial charge in [-0.15, -0.1) is 11.3 Å². The van der Waals surface area contributed by atoms with Gasteiger partial charge in [-0.2, -0.15) is 0 Å². The van der Waals surface area contributed by atoms with Crippen LogP contribution in [0.5, 0.6) is 0 Å². The number of benzene rings is 2. The fraction of sp³-hybridized carbons (Fsp3) is 0.345. The molecule has 1 aliphatic carbocycles. The number of amides is 2. The van der Waals surface area contributed by atoms with Crippen molar-refractivity contribution in [2.75, 3.05) is 16.6 Å². The van der Waals surface area contributed by atoms with E-state index in [2.05, 4.69) is 0 Å². The maximum Gasteiger partial charge on any atom is 0.341 e. The molecule has 2 amide bonds. The Kier molecular flexibility index (Phi) is 6.09. The minimum Gasteiger partial charge on any atom is -0.462 e. The van der Waals surface area contributed by atoms with Crippen molar-refractivity contribution in [3.05, 3.63) is 81.7 Å². The highest BCUT2D eigenvalue weighted by Crippen LogP contribution is 2.50. The molecule has 7 nitrogen and oxygen atoms in total. The summed E-state index contributed by atoms with van der Waals surface area (Å²) < 4.78 is 5.37. The summed E-state index contributed by atoms with van der Waals surface area (Å²) in [6.45, 7) is 3.96. The van der Waals surface area contributed by atoms with Crippen LogP contribution in [0.4, 0.5) is 10.7 Å².